The smallest absolute Gasteiger partial charge is 0.261 e. The molecule has 0 N–H and O–H groups in total. The zero-order valence-corrected chi connectivity index (χ0v) is 13.4. The summed E-state index contributed by atoms with van der Waals surface area (Å²) in [4.78, 5) is 4.22. The van der Waals surface area contributed by atoms with Crippen LogP contribution in [0.2, 0.25) is 0 Å². The summed E-state index contributed by atoms with van der Waals surface area (Å²) in [5, 5.41) is -0.562. The van der Waals surface area contributed by atoms with E-state index in [4.69, 9.17) is 11.6 Å². The van der Waals surface area contributed by atoms with Gasteiger partial charge in [-0.1, -0.05) is 28.1 Å². The maximum absolute atomic E-state index is 12.9. The second kappa shape index (κ2) is 6.36. The summed E-state index contributed by atoms with van der Waals surface area (Å²) in [6, 6.07) is 7.76. The molecule has 1 atom stereocenters. The molecule has 0 saturated heterocycles. The highest BCUT2D eigenvalue weighted by atomic mass is 79.9. The third-order valence-electron chi connectivity index (χ3n) is 3.15. The lowest BCUT2D eigenvalue weighted by atomic mass is 10.0. The number of rotatable bonds is 3. The molecule has 1 nitrogen and oxygen atoms in total. The van der Waals surface area contributed by atoms with Crippen LogP contribution in [0.1, 0.15) is 27.8 Å². The van der Waals surface area contributed by atoms with Gasteiger partial charge in [0.15, 0.2) is 0 Å². The quantitative estimate of drug-likeness (QED) is 0.625. The average Bonchev–Trinajstić information content (AvgIpc) is 2.40. The number of aromatic nitrogens is 1. The Morgan fingerprint density at radius 3 is 2.62 bits per heavy atom. The Kier molecular flexibility index (Phi) is 4.94. The number of benzene rings is 1. The molecule has 1 unspecified atom stereocenters. The van der Waals surface area contributed by atoms with Gasteiger partial charge in [-0.15, -0.1) is 11.6 Å². The van der Waals surface area contributed by atoms with Crippen LogP contribution < -0.4 is 0 Å². The second-order valence-electron chi connectivity index (χ2n) is 4.68. The van der Waals surface area contributed by atoms with Crippen molar-refractivity contribution in [3.63, 3.8) is 0 Å². The van der Waals surface area contributed by atoms with E-state index in [0.29, 0.717) is 12.0 Å². The van der Waals surface area contributed by atoms with Gasteiger partial charge < -0.3 is 0 Å². The number of halogens is 5. The Hall–Kier alpha value is -1.07. The largest absolute Gasteiger partial charge is 0.417 e. The van der Waals surface area contributed by atoms with E-state index in [-0.39, 0.29) is 4.47 Å². The minimum Gasteiger partial charge on any atom is -0.261 e. The average molecular weight is 379 g/mol. The standard InChI is InChI=1S/C15H12BrClF3N/c1-9-3-2-6-21-14(9)8-13(17)10-4-5-12(16)11(7-10)15(18,19)20/h2-7,13H,8H2,1H3. The lowest BCUT2D eigenvalue weighted by Gasteiger charge is -2.15. The molecule has 1 aromatic heterocycles. The first kappa shape index (κ1) is 16.3. The summed E-state index contributed by atoms with van der Waals surface area (Å²) < 4.78 is 38.7. The molecule has 0 fully saturated rings. The maximum Gasteiger partial charge on any atom is 0.417 e. The Morgan fingerprint density at radius 1 is 1.29 bits per heavy atom. The van der Waals surface area contributed by atoms with Crippen molar-refractivity contribution in [2.24, 2.45) is 0 Å². The fourth-order valence-electron chi connectivity index (χ4n) is 1.97. The topological polar surface area (TPSA) is 12.9 Å². The normalized spacial score (nSPS) is 13.2. The van der Waals surface area contributed by atoms with Crippen LogP contribution in [0.3, 0.4) is 0 Å². The van der Waals surface area contributed by atoms with E-state index >= 15 is 0 Å². The molecular formula is C15H12BrClF3N. The van der Waals surface area contributed by atoms with E-state index in [2.05, 4.69) is 20.9 Å². The predicted molar refractivity (Wildman–Crippen MR) is 80.4 cm³/mol. The highest BCUT2D eigenvalue weighted by Gasteiger charge is 2.33. The molecule has 0 amide bonds. The van der Waals surface area contributed by atoms with Crippen LogP contribution in [0, 0.1) is 6.92 Å². The molecule has 0 bridgehead atoms. The van der Waals surface area contributed by atoms with E-state index in [1.165, 1.54) is 6.07 Å². The van der Waals surface area contributed by atoms with Gasteiger partial charge in [0.1, 0.15) is 0 Å². The van der Waals surface area contributed by atoms with Crippen molar-refractivity contribution in [1.29, 1.82) is 0 Å². The van der Waals surface area contributed by atoms with E-state index in [1.807, 2.05) is 19.1 Å². The van der Waals surface area contributed by atoms with Crippen LogP contribution in [0.15, 0.2) is 41.0 Å². The van der Waals surface area contributed by atoms with Crippen molar-refractivity contribution in [3.8, 4) is 0 Å². The molecule has 0 aliphatic rings. The summed E-state index contributed by atoms with van der Waals surface area (Å²) in [5.41, 5.74) is 1.46. The molecule has 6 heteroatoms. The Labute approximate surface area is 134 Å². The molecule has 1 heterocycles. The van der Waals surface area contributed by atoms with E-state index in [0.717, 1.165) is 17.3 Å². The lowest BCUT2D eigenvalue weighted by Crippen LogP contribution is -2.08. The zero-order valence-electron chi connectivity index (χ0n) is 11.1. The van der Waals surface area contributed by atoms with Crippen molar-refractivity contribution >= 4 is 27.5 Å². The Bertz CT molecular complexity index is 643. The summed E-state index contributed by atoms with van der Waals surface area (Å²) in [7, 11) is 0. The fraction of sp³-hybridized carbons (Fsp3) is 0.267. The van der Waals surface area contributed by atoms with Crippen molar-refractivity contribution < 1.29 is 13.2 Å². The number of hydrogen-bond acceptors (Lipinski definition) is 1. The number of nitrogens with zero attached hydrogens (tertiary/aromatic N) is 1. The molecular weight excluding hydrogens is 367 g/mol. The molecule has 112 valence electrons. The second-order valence-corrected chi connectivity index (χ2v) is 6.06. The van der Waals surface area contributed by atoms with Crippen LogP contribution in [0.4, 0.5) is 13.2 Å². The van der Waals surface area contributed by atoms with E-state index in [1.54, 1.807) is 12.3 Å². The maximum atomic E-state index is 12.9. The SMILES string of the molecule is Cc1cccnc1CC(Cl)c1ccc(Br)c(C(F)(F)F)c1. The van der Waals surface area contributed by atoms with E-state index < -0.39 is 17.1 Å². The minimum atomic E-state index is -4.41. The highest BCUT2D eigenvalue weighted by molar-refractivity contribution is 9.10. The van der Waals surface area contributed by atoms with Gasteiger partial charge in [-0.2, -0.15) is 13.2 Å². The van der Waals surface area contributed by atoms with Crippen molar-refractivity contribution in [2.75, 3.05) is 0 Å². The number of aryl methyl sites for hydroxylation is 1. The summed E-state index contributed by atoms with van der Waals surface area (Å²) in [6.45, 7) is 1.90. The third kappa shape index (κ3) is 3.98. The van der Waals surface area contributed by atoms with Gasteiger partial charge in [0.05, 0.1) is 10.9 Å². The summed E-state index contributed by atoms with van der Waals surface area (Å²) in [5.74, 6) is 0. The first-order chi connectivity index (χ1) is 9.79. The van der Waals surface area contributed by atoms with Crippen LogP contribution in [0.25, 0.3) is 0 Å². The van der Waals surface area contributed by atoms with Gasteiger partial charge in [0.25, 0.3) is 0 Å². The molecule has 0 aliphatic heterocycles. The first-order valence-electron chi connectivity index (χ1n) is 6.20. The van der Waals surface area contributed by atoms with Gasteiger partial charge in [0, 0.05) is 22.8 Å². The van der Waals surface area contributed by atoms with Gasteiger partial charge in [-0.25, -0.2) is 0 Å². The van der Waals surface area contributed by atoms with Gasteiger partial charge in [0.2, 0.25) is 0 Å². The third-order valence-corrected chi connectivity index (χ3v) is 4.25. The number of hydrogen-bond donors (Lipinski definition) is 0. The molecule has 2 rings (SSSR count). The number of alkyl halides is 4. The summed E-state index contributed by atoms with van der Waals surface area (Å²) >= 11 is 9.18. The van der Waals surface area contributed by atoms with Crippen molar-refractivity contribution in [1.82, 2.24) is 4.98 Å². The Balaban J connectivity index is 2.28. The lowest BCUT2D eigenvalue weighted by molar-refractivity contribution is -0.138. The molecule has 0 saturated carbocycles. The van der Waals surface area contributed by atoms with Crippen LogP contribution in [-0.4, -0.2) is 4.98 Å². The molecule has 0 radical (unpaired) electrons. The minimum absolute atomic E-state index is 0.0108. The predicted octanol–water partition coefficient (Wildman–Crippen LogP) is 5.69. The van der Waals surface area contributed by atoms with Crippen molar-refractivity contribution in [3.05, 3.63) is 63.4 Å². The molecule has 0 aliphatic carbocycles. The summed E-state index contributed by atoms with van der Waals surface area (Å²) in [6.07, 6.45) is -2.38. The van der Waals surface area contributed by atoms with Crippen molar-refractivity contribution in [2.45, 2.75) is 24.9 Å². The fourth-order valence-corrected chi connectivity index (χ4v) is 2.73. The molecule has 0 spiro atoms. The number of pyridine rings is 1. The molecule has 1 aromatic carbocycles. The molecule has 21 heavy (non-hydrogen) atoms. The Morgan fingerprint density at radius 2 is 2.00 bits per heavy atom. The highest BCUT2D eigenvalue weighted by Crippen LogP contribution is 2.37. The van der Waals surface area contributed by atoms with Gasteiger partial charge in [-0.05, 0) is 36.2 Å². The van der Waals surface area contributed by atoms with Crippen LogP contribution in [-0.2, 0) is 12.6 Å². The van der Waals surface area contributed by atoms with Crippen LogP contribution >= 0.6 is 27.5 Å². The van der Waals surface area contributed by atoms with Crippen LogP contribution in [0.5, 0.6) is 0 Å². The van der Waals surface area contributed by atoms with E-state index in [9.17, 15) is 13.2 Å². The van der Waals surface area contributed by atoms with Gasteiger partial charge in [-0.3, -0.25) is 4.98 Å². The zero-order chi connectivity index (χ0) is 15.6. The molecule has 2 aromatic rings. The first-order valence-corrected chi connectivity index (χ1v) is 7.43. The van der Waals surface area contributed by atoms with Gasteiger partial charge >= 0.3 is 6.18 Å². The monoisotopic (exact) mass is 377 g/mol.